The van der Waals surface area contributed by atoms with Crippen LogP contribution in [0.4, 0.5) is 10.5 Å². The van der Waals surface area contributed by atoms with Crippen LogP contribution in [-0.2, 0) is 10.2 Å². The van der Waals surface area contributed by atoms with Gasteiger partial charge in [0.05, 0.1) is 19.0 Å². The monoisotopic (exact) mass is 278 g/mol. The molecular weight excluding hydrogens is 256 g/mol. The van der Waals surface area contributed by atoms with E-state index >= 15 is 0 Å². The third-order valence-corrected chi connectivity index (χ3v) is 3.25. The molecule has 5 heteroatoms. The van der Waals surface area contributed by atoms with E-state index in [4.69, 9.17) is 9.47 Å². The molecular formula is C15H22N2O3. The standard InChI is InChI=1S/C15H22N2O3/c1-14(2,3)20-13(18)17-9-15(4,5)10-7-12(19-6)16-8-11(10)17/h7-8H,9H2,1-6H3. The van der Waals surface area contributed by atoms with E-state index in [0.717, 1.165) is 11.3 Å². The van der Waals surface area contributed by atoms with Gasteiger partial charge in [-0.3, -0.25) is 4.90 Å². The lowest BCUT2D eigenvalue weighted by atomic mass is 9.87. The minimum Gasteiger partial charge on any atom is -0.481 e. The van der Waals surface area contributed by atoms with Crippen molar-refractivity contribution in [2.24, 2.45) is 0 Å². The number of rotatable bonds is 1. The molecule has 0 unspecified atom stereocenters. The third kappa shape index (κ3) is 2.71. The average Bonchev–Trinajstić information content (AvgIpc) is 2.59. The molecule has 0 atom stereocenters. The summed E-state index contributed by atoms with van der Waals surface area (Å²) in [5.41, 5.74) is 1.19. The number of carbonyl (C=O) groups excluding carboxylic acids is 1. The second-order valence-corrected chi connectivity index (χ2v) is 6.69. The number of hydrogen-bond donors (Lipinski definition) is 0. The van der Waals surface area contributed by atoms with Crippen molar-refractivity contribution in [3.63, 3.8) is 0 Å². The summed E-state index contributed by atoms with van der Waals surface area (Å²) in [6.45, 7) is 10.3. The Kier molecular flexibility index (Phi) is 3.40. The average molecular weight is 278 g/mol. The topological polar surface area (TPSA) is 51.7 Å². The van der Waals surface area contributed by atoms with Crippen LogP contribution in [0.2, 0.25) is 0 Å². The highest BCUT2D eigenvalue weighted by Crippen LogP contribution is 2.41. The van der Waals surface area contributed by atoms with Crippen molar-refractivity contribution in [2.45, 2.75) is 45.6 Å². The highest BCUT2D eigenvalue weighted by atomic mass is 16.6. The van der Waals surface area contributed by atoms with E-state index in [1.54, 1.807) is 18.2 Å². The van der Waals surface area contributed by atoms with E-state index in [9.17, 15) is 4.79 Å². The van der Waals surface area contributed by atoms with Gasteiger partial charge < -0.3 is 9.47 Å². The van der Waals surface area contributed by atoms with E-state index in [2.05, 4.69) is 18.8 Å². The van der Waals surface area contributed by atoms with E-state index in [1.807, 2.05) is 26.8 Å². The molecule has 0 saturated heterocycles. The van der Waals surface area contributed by atoms with Crippen molar-refractivity contribution in [3.8, 4) is 5.88 Å². The molecule has 0 saturated carbocycles. The number of ether oxygens (including phenoxy) is 2. The summed E-state index contributed by atoms with van der Waals surface area (Å²) in [5, 5.41) is 0. The van der Waals surface area contributed by atoms with Crippen LogP contribution >= 0.6 is 0 Å². The summed E-state index contributed by atoms with van der Waals surface area (Å²) in [7, 11) is 1.59. The molecule has 1 amide bonds. The van der Waals surface area contributed by atoms with Gasteiger partial charge in [0.2, 0.25) is 5.88 Å². The molecule has 1 aliphatic heterocycles. The van der Waals surface area contributed by atoms with Gasteiger partial charge in [0.25, 0.3) is 0 Å². The SMILES string of the molecule is COc1cc2c(cn1)N(C(=O)OC(C)(C)C)CC2(C)C. The summed E-state index contributed by atoms with van der Waals surface area (Å²) in [4.78, 5) is 18.1. The molecule has 1 aromatic rings. The summed E-state index contributed by atoms with van der Waals surface area (Å²) >= 11 is 0. The molecule has 110 valence electrons. The number of fused-ring (bicyclic) bond motifs is 1. The largest absolute Gasteiger partial charge is 0.481 e. The van der Waals surface area contributed by atoms with Crippen molar-refractivity contribution >= 4 is 11.8 Å². The molecule has 0 spiro atoms. The minimum atomic E-state index is -0.510. The van der Waals surface area contributed by atoms with Crippen LogP contribution in [0.5, 0.6) is 5.88 Å². The molecule has 2 rings (SSSR count). The summed E-state index contributed by atoms with van der Waals surface area (Å²) in [5.74, 6) is 0.558. The maximum absolute atomic E-state index is 12.3. The van der Waals surface area contributed by atoms with Crippen LogP contribution in [-0.4, -0.2) is 30.3 Å². The highest BCUT2D eigenvalue weighted by Gasteiger charge is 2.40. The number of pyridine rings is 1. The van der Waals surface area contributed by atoms with Gasteiger partial charge in [0.15, 0.2) is 0 Å². The Hall–Kier alpha value is -1.78. The van der Waals surface area contributed by atoms with Gasteiger partial charge in [-0.25, -0.2) is 9.78 Å². The molecule has 2 heterocycles. The number of carbonyl (C=O) groups is 1. The summed E-state index contributed by atoms with van der Waals surface area (Å²) in [6, 6.07) is 1.89. The number of anilines is 1. The predicted octanol–water partition coefficient (Wildman–Crippen LogP) is 3.12. The molecule has 1 aliphatic rings. The van der Waals surface area contributed by atoms with Gasteiger partial charge in [-0.05, 0) is 26.3 Å². The van der Waals surface area contributed by atoms with Gasteiger partial charge in [-0.2, -0.15) is 0 Å². The first kappa shape index (κ1) is 14.6. The van der Waals surface area contributed by atoms with E-state index < -0.39 is 5.60 Å². The van der Waals surface area contributed by atoms with Gasteiger partial charge in [0, 0.05) is 18.0 Å². The molecule has 20 heavy (non-hydrogen) atoms. The smallest absolute Gasteiger partial charge is 0.414 e. The van der Waals surface area contributed by atoms with Gasteiger partial charge in [0.1, 0.15) is 5.60 Å². The van der Waals surface area contributed by atoms with Gasteiger partial charge in [-0.15, -0.1) is 0 Å². The van der Waals surface area contributed by atoms with Crippen LogP contribution < -0.4 is 9.64 Å². The first-order chi connectivity index (χ1) is 9.14. The van der Waals surface area contributed by atoms with E-state index in [-0.39, 0.29) is 11.5 Å². The Bertz CT molecular complexity index is 532. The van der Waals surface area contributed by atoms with Crippen LogP contribution in [0.1, 0.15) is 40.2 Å². The number of hydrogen-bond acceptors (Lipinski definition) is 4. The molecule has 0 bridgehead atoms. The fourth-order valence-corrected chi connectivity index (χ4v) is 2.34. The zero-order valence-corrected chi connectivity index (χ0v) is 13.0. The molecule has 0 radical (unpaired) electrons. The number of methoxy groups -OCH3 is 1. The molecule has 0 fully saturated rings. The normalized spacial score (nSPS) is 16.8. The zero-order valence-electron chi connectivity index (χ0n) is 13.0. The second kappa shape index (κ2) is 4.65. The Morgan fingerprint density at radius 3 is 2.60 bits per heavy atom. The zero-order chi connectivity index (χ0) is 15.1. The Morgan fingerprint density at radius 1 is 1.40 bits per heavy atom. The Labute approximate surface area is 119 Å². The third-order valence-electron chi connectivity index (χ3n) is 3.25. The van der Waals surface area contributed by atoms with E-state index in [0.29, 0.717) is 12.4 Å². The van der Waals surface area contributed by atoms with Crippen LogP contribution in [0.25, 0.3) is 0 Å². The van der Waals surface area contributed by atoms with Crippen molar-refractivity contribution in [2.75, 3.05) is 18.6 Å². The highest BCUT2D eigenvalue weighted by molar-refractivity contribution is 5.91. The number of amides is 1. The van der Waals surface area contributed by atoms with Crippen LogP contribution in [0.3, 0.4) is 0 Å². The second-order valence-electron chi connectivity index (χ2n) is 6.69. The van der Waals surface area contributed by atoms with Crippen molar-refractivity contribution in [1.82, 2.24) is 4.98 Å². The Morgan fingerprint density at radius 2 is 2.05 bits per heavy atom. The molecule has 0 aliphatic carbocycles. The predicted molar refractivity (Wildman–Crippen MR) is 77.4 cm³/mol. The first-order valence-corrected chi connectivity index (χ1v) is 6.69. The Balaban J connectivity index is 2.36. The van der Waals surface area contributed by atoms with Crippen molar-refractivity contribution < 1.29 is 14.3 Å². The maximum atomic E-state index is 12.3. The fourth-order valence-electron chi connectivity index (χ4n) is 2.34. The number of nitrogens with zero attached hydrogens (tertiary/aromatic N) is 2. The van der Waals surface area contributed by atoms with Crippen LogP contribution in [0, 0.1) is 0 Å². The maximum Gasteiger partial charge on any atom is 0.414 e. The summed E-state index contributed by atoms with van der Waals surface area (Å²) < 4.78 is 10.6. The lowest BCUT2D eigenvalue weighted by Gasteiger charge is -2.25. The molecule has 0 aromatic carbocycles. The van der Waals surface area contributed by atoms with Crippen LogP contribution in [0.15, 0.2) is 12.3 Å². The molecule has 0 N–H and O–H groups in total. The fraction of sp³-hybridized carbons (Fsp3) is 0.600. The van der Waals surface area contributed by atoms with E-state index in [1.165, 1.54) is 0 Å². The minimum absolute atomic E-state index is 0.150. The lowest BCUT2D eigenvalue weighted by molar-refractivity contribution is 0.0579. The molecule has 1 aromatic heterocycles. The van der Waals surface area contributed by atoms with Gasteiger partial charge in [-0.1, -0.05) is 13.8 Å². The lowest BCUT2D eigenvalue weighted by Crippen LogP contribution is -2.38. The first-order valence-electron chi connectivity index (χ1n) is 6.69. The molecule has 5 nitrogen and oxygen atoms in total. The number of aromatic nitrogens is 1. The van der Waals surface area contributed by atoms with Gasteiger partial charge >= 0.3 is 6.09 Å². The van der Waals surface area contributed by atoms with Crippen molar-refractivity contribution in [1.29, 1.82) is 0 Å². The van der Waals surface area contributed by atoms with Crippen molar-refractivity contribution in [3.05, 3.63) is 17.8 Å². The summed E-state index contributed by atoms with van der Waals surface area (Å²) in [6.07, 6.45) is 1.34. The quantitative estimate of drug-likeness (QED) is 0.792.